The number of aryl methyl sites for hydroxylation is 2. The Labute approximate surface area is 123 Å². The summed E-state index contributed by atoms with van der Waals surface area (Å²) in [5.41, 5.74) is 2.91. The predicted molar refractivity (Wildman–Crippen MR) is 81.8 cm³/mol. The maximum Gasteiger partial charge on any atom is 0.254 e. The van der Waals surface area contributed by atoms with Gasteiger partial charge in [0.1, 0.15) is 5.00 Å². The van der Waals surface area contributed by atoms with Gasteiger partial charge in [-0.25, -0.2) is 0 Å². The van der Waals surface area contributed by atoms with E-state index in [4.69, 9.17) is 0 Å². The first kappa shape index (κ1) is 14.8. The van der Waals surface area contributed by atoms with Gasteiger partial charge in [-0.1, -0.05) is 0 Å². The van der Waals surface area contributed by atoms with Crippen LogP contribution in [0, 0.1) is 13.8 Å². The van der Waals surface area contributed by atoms with Crippen LogP contribution in [0.1, 0.15) is 35.1 Å². The van der Waals surface area contributed by atoms with Gasteiger partial charge in [-0.2, -0.15) is 0 Å². The number of amides is 1. The van der Waals surface area contributed by atoms with E-state index in [1.54, 1.807) is 18.3 Å². The maximum absolute atomic E-state index is 12.2. The summed E-state index contributed by atoms with van der Waals surface area (Å²) in [5.74, 6) is -0.0885. The van der Waals surface area contributed by atoms with Crippen molar-refractivity contribution in [2.45, 2.75) is 33.3 Å². The summed E-state index contributed by atoms with van der Waals surface area (Å²) in [6, 6.07) is 5.94. The molecule has 2 aromatic rings. The van der Waals surface area contributed by atoms with Crippen LogP contribution < -0.4 is 5.32 Å². The number of hydrogen-bond donors (Lipinski definition) is 2. The number of nitrogens with zero attached hydrogens (tertiary/aromatic N) is 1. The van der Waals surface area contributed by atoms with Gasteiger partial charge < -0.3 is 15.0 Å². The number of nitrogens with one attached hydrogen (secondary N) is 1. The van der Waals surface area contributed by atoms with E-state index in [0.717, 1.165) is 16.4 Å². The quantitative estimate of drug-likeness (QED) is 0.890. The number of hydrogen-bond acceptors (Lipinski definition) is 3. The van der Waals surface area contributed by atoms with Crippen molar-refractivity contribution in [1.29, 1.82) is 0 Å². The summed E-state index contributed by atoms with van der Waals surface area (Å²) in [6.07, 6.45) is 0.165. The molecule has 2 aromatic heterocycles. The average Bonchev–Trinajstić information content (AvgIpc) is 2.96. The molecular weight excluding hydrogens is 272 g/mol. The minimum absolute atomic E-state index is 0.0885. The van der Waals surface area contributed by atoms with Gasteiger partial charge in [-0.3, -0.25) is 4.79 Å². The largest absolute Gasteiger partial charge is 0.393 e. The molecule has 0 saturated heterocycles. The van der Waals surface area contributed by atoms with Crippen LogP contribution >= 0.6 is 11.3 Å². The van der Waals surface area contributed by atoms with E-state index in [0.29, 0.717) is 18.5 Å². The number of carbonyl (C=O) groups excluding carboxylic acids is 1. The summed E-state index contributed by atoms with van der Waals surface area (Å²) in [5, 5.41) is 14.9. The Bertz CT molecular complexity index is 579. The van der Waals surface area contributed by atoms with Gasteiger partial charge in [0.05, 0.1) is 11.7 Å². The molecule has 0 aliphatic heterocycles. The van der Waals surface area contributed by atoms with Crippen LogP contribution in [0.4, 0.5) is 0 Å². The van der Waals surface area contributed by atoms with E-state index in [-0.39, 0.29) is 5.91 Å². The molecule has 2 rings (SSSR count). The number of aliphatic hydroxyl groups excluding tert-OH is 1. The second-order valence-electron chi connectivity index (χ2n) is 4.98. The fourth-order valence-corrected chi connectivity index (χ4v) is 3.14. The van der Waals surface area contributed by atoms with Crippen molar-refractivity contribution in [3.63, 3.8) is 0 Å². The zero-order valence-electron chi connectivity index (χ0n) is 12.0. The van der Waals surface area contributed by atoms with Crippen LogP contribution in [0.15, 0.2) is 23.6 Å². The zero-order chi connectivity index (χ0) is 14.7. The number of thiophene rings is 1. The van der Waals surface area contributed by atoms with Crippen LogP contribution in [0.25, 0.3) is 5.00 Å². The second-order valence-corrected chi connectivity index (χ2v) is 5.88. The van der Waals surface area contributed by atoms with Crippen LogP contribution in [0.5, 0.6) is 0 Å². The van der Waals surface area contributed by atoms with Crippen molar-refractivity contribution in [3.8, 4) is 5.00 Å². The van der Waals surface area contributed by atoms with Crippen LogP contribution in [0.3, 0.4) is 0 Å². The highest BCUT2D eigenvalue weighted by Crippen LogP contribution is 2.25. The van der Waals surface area contributed by atoms with Crippen molar-refractivity contribution in [2.24, 2.45) is 0 Å². The van der Waals surface area contributed by atoms with E-state index < -0.39 is 6.10 Å². The van der Waals surface area contributed by atoms with E-state index in [9.17, 15) is 9.90 Å². The minimum Gasteiger partial charge on any atom is -0.393 e. The molecule has 0 aliphatic rings. The zero-order valence-corrected chi connectivity index (χ0v) is 12.8. The highest BCUT2D eigenvalue weighted by molar-refractivity contribution is 7.13. The smallest absolute Gasteiger partial charge is 0.254 e. The molecule has 0 bridgehead atoms. The number of rotatable bonds is 5. The Morgan fingerprint density at radius 2 is 2.00 bits per heavy atom. The molecule has 4 nitrogen and oxygen atoms in total. The van der Waals surface area contributed by atoms with Gasteiger partial charge in [-0.05, 0) is 50.8 Å². The molecule has 1 unspecified atom stereocenters. The SMILES string of the molecule is Cc1ccc(C)n1-c1sccc1C(=O)NCCC(C)O. The Morgan fingerprint density at radius 1 is 1.35 bits per heavy atom. The normalized spacial score (nSPS) is 12.4. The Hall–Kier alpha value is -1.59. The monoisotopic (exact) mass is 292 g/mol. The molecule has 0 aromatic carbocycles. The third kappa shape index (κ3) is 3.11. The highest BCUT2D eigenvalue weighted by Gasteiger charge is 2.16. The van der Waals surface area contributed by atoms with E-state index in [2.05, 4.69) is 9.88 Å². The summed E-state index contributed by atoms with van der Waals surface area (Å²) in [6.45, 7) is 6.26. The Balaban J connectivity index is 2.19. The van der Waals surface area contributed by atoms with Gasteiger partial charge in [-0.15, -0.1) is 11.3 Å². The first-order chi connectivity index (χ1) is 9.50. The molecule has 108 valence electrons. The van der Waals surface area contributed by atoms with Crippen molar-refractivity contribution in [3.05, 3.63) is 40.5 Å². The van der Waals surface area contributed by atoms with Crippen molar-refractivity contribution >= 4 is 17.2 Å². The van der Waals surface area contributed by atoms with E-state index in [1.165, 1.54) is 0 Å². The summed E-state index contributed by atoms with van der Waals surface area (Å²) >= 11 is 1.56. The van der Waals surface area contributed by atoms with Crippen LogP contribution in [0.2, 0.25) is 0 Å². The Morgan fingerprint density at radius 3 is 2.60 bits per heavy atom. The molecule has 0 spiro atoms. The molecule has 0 fully saturated rings. The van der Waals surface area contributed by atoms with Crippen LogP contribution in [-0.2, 0) is 0 Å². The second kappa shape index (κ2) is 6.24. The van der Waals surface area contributed by atoms with Gasteiger partial charge in [0.2, 0.25) is 0 Å². The lowest BCUT2D eigenvalue weighted by Crippen LogP contribution is -2.27. The molecule has 2 N–H and O–H groups in total. The lowest BCUT2D eigenvalue weighted by molar-refractivity contribution is 0.0946. The first-order valence-corrected chi connectivity index (χ1v) is 7.57. The summed E-state index contributed by atoms with van der Waals surface area (Å²) in [7, 11) is 0. The molecule has 1 amide bonds. The van der Waals surface area contributed by atoms with Crippen molar-refractivity contribution < 1.29 is 9.90 Å². The van der Waals surface area contributed by atoms with Gasteiger partial charge in [0.25, 0.3) is 5.91 Å². The molecule has 0 saturated carbocycles. The molecule has 0 radical (unpaired) electrons. The van der Waals surface area contributed by atoms with Crippen molar-refractivity contribution in [2.75, 3.05) is 6.54 Å². The fourth-order valence-electron chi connectivity index (χ4n) is 2.13. The van der Waals surface area contributed by atoms with E-state index >= 15 is 0 Å². The average molecular weight is 292 g/mol. The van der Waals surface area contributed by atoms with Gasteiger partial charge in [0.15, 0.2) is 0 Å². The molecule has 0 aliphatic carbocycles. The standard InChI is InChI=1S/C15H20N2O2S/c1-10-4-5-11(2)17(10)15-13(7-9-20-15)14(19)16-8-6-12(3)18/h4-5,7,9,12,18H,6,8H2,1-3H3,(H,16,19). The molecular formula is C15H20N2O2S. The minimum atomic E-state index is -0.397. The van der Waals surface area contributed by atoms with Crippen molar-refractivity contribution in [1.82, 2.24) is 9.88 Å². The lowest BCUT2D eigenvalue weighted by Gasteiger charge is -2.11. The molecule has 5 heteroatoms. The Kier molecular flexibility index (Phi) is 4.62. The fraction of sp³-hybridized carbons (Fsp3) is 0.400. The van der Waals surface area contributed by atoms with Gasteiger partial charge >= 0.3 is 0 Å². The number of carbonyl (C=O) groups is 1. The predicted octanol–water partition coefficient (Wildman–Crippen LogP) is 2.66. The van der Waals surface area contributed by atoms with Crippen LogP contribution in [-0.4, -0.2) is 28.2 Å². The maximum atomic E-state index is 12.2. The molecule has 1 atom stereocenters. The summed E-state index contributed by atoms with van der Waals surface area (Å²) in [4.78, 5) is 12.2. The molecule has 20 heavy (non-hydrogen) atoms. The third-order valence-electron chi connectivity index (χ3n) is 3.21. The van der Waals surface area contributed by atoms with Gasteiger partial charge in [0, 0.05) is 17.9 Å². The number of aromatic nitrogens is 1. The highest BCUT2D eigenvalue weighted by atomic mass is 32.1. The first-order valence-electron chi connectivity index (χ1n) is 6.69. The topological polar surface area (TPSA) is 54.3 Å². The lowest BCUT2D eigenvalue weighted by atomic mass is 10.2. The van der Waals surface area contributed by atoms with E-state index in [1.807, 2.05) is 37.4 Å². The number of aliphatic hydroxyl groups is 1. The third-order valence-corrected chi connectivity index (χ3v) is 4.11. The molecule has 2 heterocycles. The summed E-state index contributed by atoms with van der Waals surface area (Å²) < 4.78 is 2.09.